The standard InChI is InChI=1S/C18H27NO/c20-16(19-18-3-1-12(11-18)2-4-18)17-8-13-5-14(9-17)7-15(6-13)10-17/h12-15H,1-11H2,(H,19,20). The molecule has 0 radical (unpaired) electrons. The molecule has 0 saturated heterocycles. The summed E-state index contributed by atoms with van der Waals surface area (Å²) in [6.07, 6.45) is 14.5. The highest BCUT2D eigenvalue weighted by Gasteiger charge is 2.56. The van der Waals surface area contributed by atoms with Crippen LogP contribution in [0.4, 0.5) is 0 Å². The van der Waals surface area contributed by atoms with Gasteiger partial charge in [0.25, 0.3) is 0 Å². The number of hydrogen-bond donors (Lipinski definition) is 1. The normalized spacial score (nSPS) is 55.4. The lowest BCUT2D eigenvalue weighted by Crippen LogP contribution is -2.57. The van der Waals surface area contributed by atoms with Gasteiger partial charge in [-0.1, -0.05) is 0 Å². The smallest absolute Gasteiger partial charge is 0.226 e. The van der Waals surface area contributed by atoms with Crippen LogP contribution in [0.1, 0.15) is 70.6 Å². The lowest BCUT2D eigenvalue weighted by molar-refractivity contribution is -0.148. The van der Waals surface area contributed by atoms with Gasteiger partial charge in [-0.3, -0.25) is 4.79 Å². The molecule has 0 aromatic rings. The minimum Gasteiger partial charge on any atom is -0.350 e. The fourth-order valence-electron chi connectivity index (χ4n) is 7.13. The molecule has 1 amide bonds. The fraction of sp³-hybridized carbons (Fsp3) is 0.944. The lowest BCUT2D eigenvalue weighted by atomic mass is 9.49. The summed E-state index contributed by atoms with van der Waals surface area (Å²) in [6.45, 7) is 0. The number of nitrogens with one attached hydrogen (secondary N) is 1. The molecule has 0 aromatic carbocycles. The van der Waals surface area contributed by atoms with Gasteiger partial charge >= 0.3 is 0 Å². The van der Waals surface area contributed by atoms with Gasteiger partial charge in [-0.05, 0) is 94.3 Å². The molecule has 6 rings (SSSR count). The van der Waals surface area contributed by atoms with Crippen LogP contribution in [0.3, 0.4) is 0 Å². The van der Waals surface area contributed by atoms with Crippen molar-refractivity contribution in [3.8, 4) is 0 Å². The molecule has 6 fully saturated rings. The van der Waals surface area contributed by atoms with Gasteiger partial charge in [0.1, 0.15) is 0 Å². The number of amides is 1. The summed E-state index contributed by atoms with van der Waals surface area (Å²) in [5.74, 6) is 4.03. The SMILES string of the molecule is O=C(NC12CCC(CC1)C2)C12CC3CC(CC(C3)C1)C2. The second-order valence-corrected chi connectivity index (χ2v) is 9.08. The minimum atomic E-state index is 0.0597. The minimum absolute atomic E-state index is 0.0597. The summed E-state index contributed by atoms with van der Waals surface area (Å²) in [7, 11) is 0. The Labute approximate surface area is 122 Å². The van der Waals surface area contributed by atoms with Gasteiger partial charge in [0.15, 0.2) is 0 Å². The van der Waals surface area contributed by atoms with Crippen LogP contribution in [0, 0.1) is 29.1 Å². The van der Waals surface area contributed by atoms with Crippen LogP contribution in [0.2, 0.25) is 0 Å². The zero-order chi connectivity index (χ0) is 13.4. The van der Waals surface area contributed by atoms with Gasteiger partial charge < -0.3 is 5.32 Å². The number of rotatable bonds is 2. The zero-order valence-electron chi connectivity index (χ0n) is 12.5. The van der Waals surface area contributed by atoms with E-state index in [-0.39, 0.29) is 11.0 Å². The third-order valence-electron chi connectivity index (χ3n) is 7.64. The predicted molar refractivity (Wildman–Crippen MR) is 78.1 cm³/mol. The maximum absolute atomic E-state index is 13.1. The van der Waals surface area contributed by atoms with Gasteiger partial charge in [-0.25, -0.2) is 0 Å². The van der Waals surface area contributed by atoms with Crippen molar-refractivity contribution in [1.82, 2.24) is 5.32 Å². The number of carbonyl (C=O) groups excluding carboxylic acids is 1. The van der Waals surface area contributed by atoms with Crippen molar-refractivity contribution in [3.63, 3.8) is 0 Å². The average molecular weight is 273 g/mol. The summed E-state index contributed by atoms with van der Waals surface area (Å²) < 4.78 is 0. The van der Waals surface area contributed by atoms with Crippen molar-refractivity contribution < 1.29 is 4.79 Å². The summed E-state index contributed by atoms with van der Waals surface area (Å²) >= 11 is 0. The van der Waals surface area contributed by atoms with Crippen molar-refractivity contribution >= 4 is 5.91 Å². The van der Waals surface area contributed by atoms with Gasteiger partial charge in [-0.2, -0.15) is 0 Å². The van der Waals surface area contributed by atoms with Crippen molar-refractivity contribution in [2.75, 3.05) is 0 Å². The van der Waals surface area contributed by atoms with E-state index in [9.17, 15) is 4.79 Å². The molecule has 0 aliphatic heterocycles. The van der Waals surface area contributed by atoms with Crippen LogP contribution >= 0.6 is 0 Å². The Morgan fingerprint density at radius 1 is 0.800 bits per heavy atom. The zero-order valence-corrected chi connectivity index (χ0v) is 12.5. The molecule has 20 heavy (non-hydrogen) atoms. The van der Waals surface area contributed by atoms with E-state index < -0.39 is 0 Å². The van der Waals surface area contributed by atoms with Gasteiger partial charge in [0, 0.05) is 11.0 Å². The monoisotopic (exact) mass is 273 g/mol. The first-order valence-electron chi connectivity index (χ1n) is 8.97. The van der Waals surface area contributed by atoms with E-state index in [1.165, 1.54) is 70.6 Å². The number of hydrogen-bond acceptors (Lipinski definition) is 1. The van der Waals surface area contributed by atoms with Crippen molar-refractivity contribution in [2.45, 2.75) is 76.2 Å². The van der Waals surface area contributed by atoms with Gasteiger partial charge in [-0.15, -0.1) is 0 Å². The number of fused-ring (bicyclic) bond motifs is 2. The van der Waals surface area contributed by atoms with E-state index in [1.807, 2.05) is 0 Å². The molecular weight excluding hydrogens is 246 g/mol. The molecular formula is C18H27NO. The maximum Gasteiger partial charge on any atom is 0.226 e. The predicted octanol–water partition coefficient (Wildman–Crippen LogP) is 3.65. The molecule has 0 aromatic heterocycles. The molecule has 2 heteroatoms. The first-order chi connectivity index (χ1) is 9.65. The van der Waals surface area contributed by atoms with E-state index >= 15 is 0 Å². The Morgan fingerprint density at radius 2 is 1.35 bits per heavy atom. The Hall–Kier alpha value is -0.530. The molecule has 0 unspecified atom stereocenters. The Kier molecular flexibility index (Phi) is 2.30. The van der Waals surface area contributed by atoms with Crippen molar-refractivity contribution in [3.05, 3.63) is 0 Å². The highest BCUT2D eigenvalue weighted by molar-refractivity contribution is 5.84. The Bertz CT molecular complexity index is 411. The summed E-state index contributed by atoms with van der Waals surface area (Å²) in [6, 6.07) is 0. The lowest BCUT2D eigenvalue weighted by Gasteiger charge is -2.56. The molecule has 6 saturated carbocycles. The van der Waals surface area contributed by atoms with E-state index in [0.29, 0.717) is 5.91 Å². The molecule has 0 atom stereocenters. The Balaban J connectivity index is 1.38. The van der Waals surface area contributed by atoms with Gasteiger partial charge in [0.05, 0.1) is 0 Å². The van der Waals surface area contributed by atoms with Crippen LogP contribution in [-0.2, 0) is 4.79 Å². The van der Waals surface area contributed by atoms with E-state index in [1.54, 1.807) is 0 Å². The second kappa shape index (κ2) is 3.81. The molecule has 0 heterocycles. The van der Waals surface area contributed by atoms with Crippen LogP contribution in [-0.4, -0.2) is 11.4 Å². The maximum atomic E-state index is 13.1. The molecule has 6 bridgehead atoms. The van der Waals surface area contributed by atoms with Crippen molar-refractivity contribution in [1.29, 1.82) is 0 Å². The van der Waals surface area contributed by atoms with Crippen LogP contribution in [0.5, 0.6) is 0 Å². The van der Waals surface area contributed by atoms with Gasteiger partial charge in [0.2, 0.25) is 5.91 Å². The first-order valence-corrected chi connectivity index (χ1v) is 8.97. The Morgan fingerprint density at radius 3 is 1.80 bits per heavy atom. The first kappa shape index (κ1) is 12.1. The second-order valence-electron chi connectivity index (χ2n) is 9.08. The fourth-order valence-corrected chi connectivity index (χ4v) is 7.13. The van der Waals surface area contributed by atoms with Crippen LogP contribution in [0.15, 0.2) is 0 Å². The quantitative estimate of drug-likeness (QED) is 0.817. The van der Waals surface area contributed by atoms with Crippen LogP contribution in [0.25, 0.3) is 0 Å². The molecule has 1 N–H and O–H groups in total. The summed E-state index contributed by atoms with van der Waals surface area (Å²) in [5.41, 5.74) is 0.287. The summed E-state index contributed by atoms with van der Waals surface area (Å²) in [4.78, 5) is 13.1. The third kappa shape index (κ3) is 1.60. The average Bonchev–Trinajstić information content (AvgIpc) is 2.97. The summed E-state index contributed by atoms with van der Waals surface area (Å²) in [5, 5.41) is 3.60. The van der Waals surface area contributed by atoms with Crippen molar-refractivity contribution in [2.24, 2.45) is 29.1 Å². The molecule has 110 valence electrons. The molecule has 6 aliphatic carbocycles. The van der Waals surface area contributed by atoms with E-state index in [0.717, 1.165) is 23.7 Å². The third-order valence-corrected chi connectivity index (χ3v) is 7.64. The molecule has 6 aliphatic rings. The molecule has 0 spiro atoms. The topological polar surface area (TPSA) is 29.1 Å². The number of carbonyl (C=O) groups is 1. The largest absolute Gasteiger partial charge is 0.350 e. The molecule has 2 nitrogen and oxygen atoms in total. The highest BCUT2D eigenvalue weighted by atomic mass is 16.2. The van der Waals surface area contributed by atoms with E-state index in [2.05, 4.69) is 5.32 Å². The highest BCUT2D eigenvalue weighted by Crippen LogP contribution is 2.60. The van der Waals surface area contributed by atoms with E-state index in [4.69, 9.17) is 0 Å². The van der Waals surface area contributed by atoms with Crippen LogP contribution < -0.4 is 5.32 Å².